The molecule has 0 bridgehead atoms. The summed E-state index contributed by atoms with van der Waals surface area (Å²) in [5.74, 6) is 0. The molecule has 2 aromatic rings. The van der Waals surface area contributed by atoms with Crippen molar-refractivity contribution in [2.75, 3.05) is 43.6 Å². The number of hydrazine groups is 1. The van der Waals surface area contributed by atoms with Crippen LogP contribution >= 0.6 is 0 Å². The first kappa shape index (κ1) is 15.5. The number of pyridine rings is 1. The van der Waals surface area contributed by atoms with Crippen molar-refractivity contribution in [3.63, 3.8) is 0 Å². The second kappa shape index (κ2) is 6.82. The van der Waals surface area contributed by atoms with E-state index in [1.807, 2.05) is 18.2 Å². The maximum atomic E-state index is 9.57. The van der Waals surface area contributed by atoms with Crippen LogP contribution in [0.5, 0.6) is 0 Å². The molecule has 2 heterocycles. The number of morpholine rings is 1. The summed E-state index contributed by atoms with van der Waals surface area (Å²) in [6, 6.07) is 8.01. The van der Waals surface area contributed by atoms with Crippen LogP contribution in [0.4, 0.5) is 11.4 Å². The molecule has 6 nitrogen and oxygen atoms in total. The van der Waals surface area contributed by atoms with Gasteiger partial charge in [0.25, 0.3) is 0 Å². The van der Waals surface area contributed by atoms with Gasteiger partial charge < -0.3 is 15.5 Å². The molecule has 0 spiro atoms. The number of ether oxygens (including phenoxy) is 1. The molecule has 0 unspecified atom stereocenters. The summed E-state index contributed by atoms with van der Waals surface area (Å²) in [6.07, 6.45) is 2.60. The van der Waals surface area contributed by atoms with E-state index < -0.39 is 0 Å². The summed E-state index contributed by atoms with van der Waals surface area (Å²) < 4.78 is 5.46. The third-order valence-electron chi connectivity index (χ3n) is 4.04. The van der Waals surface area contributed by atoms with Crippen molar-refractivity contribution in [3.8, 4) is 6.07 Å². The van der Waals surface area contributed by atoms with Crippen LogP contribution in [0.2, 0.25) is 0 Å². The van der Waals surface area contributed by atoms with Gasteiger partial charge in [0.05, 0.1) is 35.7 Å². The van der Waals surface area contributed by atoms with Gasteiger partial charge >= 0.3 is 0 Å². The zero-order valence-electron chi connectivity index (χ0n) is 13.3. The largest absolute Gasteiger partial charge is 0.397 e. The smallest absolute Gasteiger partial charge is 0.103 e. The number of aromatic nitrogens is 1. The van der Waals surface area contributed by atoms with E-state index >= 15 is 0 Å². The highest BCUT2D eigenvalue weighted by molar-refractivity contribution is 5.99. The number of hydrogen-bond donors (Lipinski definition) is 1. The SMILES string of the molecule is CCCN(c1c(C#N)cnc2c(N)cccc12)N1CCOCC1. The number of hydrogen-bond acceptors (Lipinski definition) is 6. The fourth-order valence-electron chi connectivity index (χ4n) is 2.99. The summed E-state index contributed by atoms with van der Waals surface area (Å²) in [5.41, 5.74) is 8.92. The van der Waals surface area contributed by atoms with E-state index in [0.29, 0.717) is 24.5 Å². The standard InChI is InChI=1S/C17H21N5O/c1-2-6-22(21-7-9-23-10-8-21)17-13(11-18)12-20-16-14(17)4-3-5-15(16)19/h3-5,12H,2,6-10,19H2,1H3. The molecule has 1 saturated heterocycles. The van der Waals surface area contributed by atoms with Crippen molar-refractivity contribution >= 4 is 22.3 Å². The molecule has 3 rings (SSSR count). The van der Waals surface area contributed by atoms with E-state index in [2.05, 4.69) is 28.0 Å². The molecule has 0 radical (unpaired) electrons. The zero-order valence-corrected chi connectivity index (χ0v) is 13.3. The lowest BCUT2D eigenvalue weighted by molar-refractivity contribution is 0.0317. The third kappa shape index (κ3) is 2.93. The highest BCUT2D eigenvalue weighted by Gasteiger charge is 2.23. The van der Waals surface area contributed by atoms with Gasteiger partial charge in [0.15, 0.2) is 0 Å². The number of nitrogens with zero attached hydrogens (tertiary/aromatic N) is 4. The van der Waals surface area contributed by atoms with Crippen molar-refractivity contribution < 1.29 is 4.74 Å². The average Bonchev–Trinajstić information content (AvgIpc) is 2.60. The first-order chi connectivity index (χ1) is 11.3. The molecular weight excluding hydrogens is 290 g/mol. The Kier molecular flexibility index (Phi) is 4.60. The van der Waals surface area contributed by atoms with E-state index in [0.717, 1.165) is 42.6 Å². The van der Waals surface area contributed by atoms with Crippen LogP contribution in [0, 0.1) is 11.3 Å². The molecule has 1 fully saturated rings. The minimum atomic E-state index is 0.572. The second-order valence-corrected chi connectivity index (χ2v) is 5.56. The molecule has 1 aromatic heterocycles. The zero-order chi connectivity index (χ0) is 16.2. The molecule has 23 heavy (non-hydrogen) atoms. The van der Waals surface area contributed by atoms with E-state index in [1.165, 1.54) is 0 Å². The van der Waals surface area contributed by atoms with Crippen LogP contribution in [-0.2, 0) is 4.74 Å². The van der Waals surface area contributed by atoms with Gasteiger partial charge in [0, 0.05) is 31.2 Å². The van der Waals surface area contributed by atoms with Crippen molar-refractivity contribution in [3.05, 3.63) is 30.0 Å². The van der Waals surface area contributed by atoms with Gasteiger partial charge in [-0.05, 0) is 12.5 Å². The highest BCUT2D eigenvalue weighted by atomic mass is 16.5. The lowest BCUT2D eigenvalue weighted by Gasteiger charge is -2.39. The molecule has 120 valence electrons. The Labute approximate surface area is 136 Å². The minimum absolute atomic E-state index is 0.572. The van der Waals surface area contributed by atoms with Gasteiger partial charge in [-0.15, -0.1) is 0 Å². The maximum Gasteiger partial charge on any atom is 0.103 e. The van der Waals surface area contributed by atoms with E-state index in [4.69, 9.17) is 10.5 Å². The lowest BCUT2D eigenvalue weighted by Crippen LogP contribution is -2.49. The van der Waals surface area contributed by atoms with Gasteiger partial charge in [-0.2, -0.15) is 5.26 Å². The summed E-state index contributed by atoms with van der Waals surface area (Å²) in [4.78, 5) is 4.38. The molecule has 1 aromatic carbocycles. The molecular formula is C17H21N5O. The Hall–Kier alpha value is -2.36. The minimum Gasteiger partial charge on any atom is -0.397 e. The van der Waals surface area contributed by atoms with Crippen LogP contribution < -0.4 is 10.7 Å². The number of nitriles is 1. The molecule has 0 amide bonds. The number of fused-ring (bicyclic) bond motifs is 1. The van der Waals surface area contributed by atoms with Crippen molar-refractivity contribution in [2.45, 2.75) is 13.3 Å². The van der Waals surface area contributed by atoms with Gasteiger partial charge in [-0.1, -0.05) is 19.1 Å². The van der Waals surface area contributed by atoms with Gasteiger partial charge in [-0.25, -0.2) is 5.01 Å². The summed E-state index contributed by atoms with van der Waals surface area (Å²) in [6.45, 7) is 6.01. The third-order valence-corrected chi connectivity index (χ3v) is 4.04. The average molecular weight is 311 g/mol. The fraction of sp³-hybridized carbons (Fsp3) is 0.412. The fourth-order valence-corrected chi connectivity index (χ4v) is 2.99. The number of benzene rings is 1. The van der Waals surface area contributed by atoms with Crippen molar-refractivity contribution in [2.24, 2.45) is 0 Å². The Morgan fingerprint density at radius 2 is 2.17 bits per heavy atom. The first-order valence-electron chi connectivity index (χ1n) is 7.93. The quantitative estimate of drug-likeness (QED) is 0.872. The number of nitrogen functional groups attached to an aromatic ring is 1. The van der Waals surface area contributed by atoms with Crippen molar-refractivity contribution in [1.82, 2.24) is 9.99 Å². The first-order valence-corrected chi connectivity index (χ1v) is 7.93. The van der Waals surface area contributed by atoms with Gasteiger partial charge in [0.1, 0.15) is 6.07 Å². The van der Waals surface area contributed by atoms with Crippen molar-refractivity contribution in [1.29, 1.82) is 5.26 Å². The molecule has 0 atom stereocenters. The van der Waals surface area contributed by atoms with Gasteiger partial charge in [0.2, 0.25) is 0 Å². The normalized spacial score (nSPS) is 15.5. The molecule has 2 N–H and O–H groups in total. The molecule has 0 saturated carbocycles. The Balaban J connectivity index is 2.17. The van der Waals surface area contributed by atoms with E-state index in [9.17, 15) is 5.26 Å². The molecule has 6 heteroatoms. The van der Waals surface area contributed by atoms with Crippen LogP contribution in [0.15, 0.2) is 24.4 Å². The number of nitrogens with two attached hydrogens (primary N) is 1. The van der Waals surface area contributed by atoms with Crippen LogP contribution in [0.1, 0.15) is 18.9 Å². The summed E-state index contributed by atoms with van der Waals surface area (Å²) >= 11 is 0. The Morgan fingerprint density at radius 1 is 1.39 bits per heavy atom. The molecule has 1 aliphatic heterocycles. The Morgan fingerprint density at radius 3 is 2.87 bits per heavy atom. The number of rotatable bonds is 4. The number of anilines is 2. The lowest BCUT2D eigenvalue weighted by atomic mass is 10.1. The topological polar surface area (TPSA) is 78.4 Å². The number of para-hydroxylation sites is 1. The van der Waals surface area contributed by atoms with Gasteiger partial charge in [-0.3, -0.25) is 4.98 Å². The predicted molar refractivity (Wildman–Crippen MR) is 90.9 cm³/mol. The maximum absolute atomic E-state index is 9.57. The van der Waals surface area contributed by atoms with Crippen LogP contribution in [0.3, 0.4) is 0 Å². The molecule has 0 aliphatic carbocycles. The highest BCUT2D eigenvalue weighted by Crippen LogP contribution is 2.33. The Bertz CT molecular complexity index is 734. The monoisotopic (exact) mass is 311 g/mol. The molecule has 1 aliphatic rings. The van der Waals surface area contributed by atoms with Crippen LogP contribution in [-0.4, -0.2) is 42.8 Å². The summed E-state index contributed by atoms with van der Waals surface area (Å²) in [7, 11) is 0. The second-order valence-electron chi connectivity index (χ2n) is 5.56. The summed E-state index contributed by atoms with van der Waals surface area (Å²) in [5, 5.41) is 14.9. The van der Waals surface area contributed by atoms with E-state index in [-0.39, 0.29) is 0 Å². The predicted octanol–water partition coefficient (Wildman–Crippen LogP) is 2.15. The van der Waals surface area contributed by atoms with E-state index in [1.54, 1.807) is 6.20 Å². The van der Waals surface area contributed by atoms with Crippen LogP contribution in [0.25, 0.3) is 10.9 Å².